The predicted molar refractivity (Wildman–Crippen MR) is 113 cm³/mol. The number of benzene rings is 1. The molecule has 0 unspecified atom stereocenters. The second kappa shape index (κ2) is 7.81. The van der Waals surface area contributed by atoms with Gasteiger partial charge in [-0.25, -0.2) is 10.2 Å². The van der Waals surface area contributed by atoms with Crippen LogP contribution in [0.4, 0.5) is 5.95 Å². The van der Waals surface area contributed by atoms with E-state index < -0.39 is 11.2 Å². The first-order valence-corrected chi connectivity index (χ1v) is 9.31. The minimum absolute atomic E-state index is 0.307. The van der Waals surface area contributed by atoms with Crippen molar-refractivity contribution in [1.82, 2.24) is 18.7 Å². The third-order valence-corrected chi connectivity index (χ3v) is 5.32. The molecule has 0 aliphatic rings. The Morgan fingerprint density at radius 3 is 2.50 bits per heavy atom. The second-order valence-electron chi connectivity index (χ2n) is 6.58. The maximum atomic E-state index is 12.4. The van der Waals surface area contributed by atoms with E-state index in [1.54, 1.807) is 24.7 Å². The Bertz CT molecular complexity index is 1210. The first-order chi connectivity index (χ1) is 13.2. The molecule has 0 spiro atoms. The van der Waals surface area contributed by atoms with Gasteiger partial charge >= 0.3 is 5.69 Å². The molecule has 8 nitrogen and oxygen atoms in total. The van der Waals surface area contributed by atoms with Crippen LogP contribution in [0.5, 0.6) is 0 Å². The van der Waals surface area contributed by atoms with Crippen molar-refractivity contribution >= 4 is 46.0 Å². The van der Waals surface area contributed by atoms with E-state index >= 15 is 0 Å². The van der Waals surface area contributed by atoms with E-state index in [9.17, 15) is 9.59 Å². The fourth-order valence-corrected chi connectivity index (χ4v) is 3.16. The zero-order chi connectivity index (χ0) is 20.6. The molecular formula is C18H20Cl2N6O2. The maximum Gasteiger partial charge on any atom is 0.332 e. The Kier molecular flexibility index (Phi) is 5.62. The minimum atomic E-state index is -0.427. The van der Waals surface area contributed by atoms with E-state index in [0.717, 1.165) is 22.3 Å². The van der Waals surface area contributed by atoms with Gasteiger partial charge in [0.15, 0.2) is 11.2 Å². The number of hydrogen-bond donors (Lipinski definition) is 1. The summed E-state index contributed by atoms with van der Waals surface area (Å²) in [5.41, 5.74) is 4.60. The Balaban J connectivity index is 1.80. The van der Waals surface area contributed by atoms with Crippen LogP contribution in [0.2, 0.25) is 10.0 Å². The summed E-state index contributed by atoms with van der Waals surface area (Å²) < 4.78 is 3.98. The lowest BCUT2D eigenvalue weighted by Crippen LogP contribution is -2.37. The van der Waals surface area contributed by atoms with E-state index in [1.165, 1.54) is 11.6 Å². The van der Waals surface area contributed by atoms with E-state index in [2.05, 4.69) is 15.5 Å². The topological polar surface area (TPSA) is 86.2 Å². The zero-order valence-electron chi connectivity index (χ0n) is 16.0. The number of hydrogen-bond acceptors (Lipinski definition) is 5. The molecule has 2 heterocycles. The van der Waals surface area contributed by atoms with Crippen molar-refractivity contribution in [3.05, 3.63) is 54.6 Å². The van der Waals surface area contributed by atoms with E-state index in [1.807, 2.05) is 19.1 Å². The van der Waals surface area contributed by atoms with E-state index in [4.69, 9.17) is 23.2 Å². The molecule has 3 rings (SSSR count). The number of nitrogens with one attached hydrogen (secondary N) is 1. The van der Waals surface area contributed by atoms with Crippen molar-refractivity contribution in [2.45, 2.75) is 19.8 Å². The Hall–Kier alpha value is -2.58. The zero-order valence-corrected chi connectivity index (χ0v) is 17.5. The molecule has 2 aromatic heterocycles. The number of rotatable bonds is 5. The smallest absolute Gasteiger partial charge is 0.306 e. The molecule has 0 aliphatic carbocycles. The van der Waals surface area contributed by atoms with Gasteiger partial charge < -0.3 is 4.57 Å². The SMILES string of the molecule is CC(CCc1ccc(Cl)c(Cl)c1)=NNc1nc2c(c(=O)n(C)c(=O)n2C)n1C. The summed E-state index contributed by atoms with van der Waals surface area (Å²) in [6.07, 6.45) is 1.46. The van der Waals surface area contributed by atoms with Crippen LogP contribution in [0.3, 0.4) is 0 Å². The molecule has 0 bridgehead atoms. The van der Waals surface area contributed by atoms with Crippen molar-refractivity contribution in [3.8, 4) is 0 Å². The van der Waals surface area contributed by atoms with Gasteiger partial charge in [0.05, 0.1) is 10.0 Å². The predicted octanol–water partition coefficient (Wildman–Crippen LogP) is 2.70. The number of fused-ring (bicyclic) bond motifs is 1. The molecule has 0 atom stereocenters. The van der Waals surface area contributed by atoms with Gasteiger partial charge in [-0.15, -0.1) is 0 Å². The van der Waals surface area contributed by atoms with Crippen LogP contribution in [0.15, 0.2) is 32.9 Å². The summed E-state index contributed by atoms with van der Waals surface area (Å²) in [5, 5.41) is 5.39. The van der Waals surface area contributed by atoms with Gasteiger partial charge in [-0.1, -0.05) is 29.3 Å². The normalized spacial score (nSPS) is 12.0. The quantitative estimate of drug-likeness (QED) is 0.505. The number of aryl methyl sites for hydroxylation is 3. The minimum Gasteiger partial charge on any atom is -0.306 e. The van der Waals surface area contributed by atoms with Gasteiger partial charge in [-0.3, -0.25) is 13.9 Å². The Morgan fingerprint density at radius 2 is 1.82 bits per heavy atom. The van der Waals surface area contributed by atoms with Gasteiger partial charge in [0, 0.05) is 26.9 Å². The molecule has 148 valence electrons. The molecule has 10 heteroatoms. The summed E-state index contributed by atoms with van der Waals surface area (Å²) in [5.74, 6) is 0.377. The number of aromatic nitrogens is 4. The van der Waals surface area contributed by atoms with Gasteiger partial charge in [0.2, 0.25) is 5.95 Å². The Morgan fingerprint density at radius 1 is 1.11 bits per heavy atom. The number of halogens is 2. The molecule has 0 fully saturated rings. The van der Waals surface area contributed by atoms with Gasteiger partial charge in [0.1, 0.15) is 0 Å². The van der Waals surface area contributed by atoms with Crippen molar-refractivity contribution in [3.63, 3.8) is 0 Å². The van der Waals surface area contributed by atoms with Crippen molar-refractivity contribution < 1.29 is 0 Å². The van der Waals surface area contributed by atoms with Crippen LogP contribution in [0.25, 0.3) is 11.2 Å². The van der Waals surface area contributed by atoms with Crippen LogP contribution < -0.4 is 16.7 Å². The molecule has 1 N–H and O–H groups in total. The molecule has 0 saturated carbocycles. The molecular weight excluding hydrogens is 403 g/mol. The van der Waals surface area contributed by atoms with Crippen LogP contribution in [-0.2, 0) is 27.6 Å². The molecule has 0 amide bonds. The summed E-state index contributed by atoms with van der Waals surface area (Å²) in [6, 6.07) is 5.54. The van der Waals surface area contributed by atoms with Crippen LogP contribution >= 0.6 is 23.2 Å². The highest BCUT2D eigenvalue weighted by Crippen LogP contribution is 2.23. The number of imidazole rings is 1. The van der Waals surface area contributed by atoms with E-state index in [0.29, 0.717) is 33.6 Å². The molecule has 0 aliphatic heterocycles. The fraction of sp³-hybridized carbons (Fsp3) is 0.333. The Labute approximate surface area is 171 Å². The van der Waals surface area contributed by atoms with Crippen LogP contribution in [0, 0.1) is 0 Å². The van der Waals surface area contributed by atoms with Gasteiger partial charge in [-0.2, -0.15) is 10.1 Å². The van der Waals surface area contributed by atoms with Crippen LogP contribution in [0.1, 0.15) is 18.9 Å². The fourth-order valence-electron chi connectivity index (χ4n) is 2.84. The number of anilines is 1. The highest BCUT2D eigenvalue weighted by atomic mass is 35.5. The summed E-state index contributed by atoms with van der Waals surface area (Å²) >= 11 is 12.0. The monoisotopic (exact) mass is 422 g/mol. The second-order valence-corrected chi connectivity index (χ2v) is 7.39. The molecule has 1 aromatic carbocycles. The molecule has 28 heavy (non-hydrogen) atoms. The summed E-state index contributed by atoms with van der Waals surface area (Å²) in [4.78, 5) is 28.8. The average Bonchev–Trinajstić information content (AvgIpc) is 3.00. The first-order valence-electron chi connectivity index (χ1n) is 8.56. The van der Waals surface area contributed by atoms with Crippen LogP contribution in [-0.4, -0.2) is 24.4 Å². The lowest BCUT2D eigenvalue weighted by molar-refractivity contribution is 0.705. The van der Waals surface area contributed by atoms with Gasteiger partial charge in [-0.05, 0) is 37.5 Å². The van der Waals surface area contributed by atoms with Gasteiger partial charge in [0.25, 0.3) is 5.56 Å². The molecule has 0 radical (unpaired) electrons. The largest absolute Gasteiger partial charge is 0.332 e. The standard InChI is InChI=1S/C18H20Cl2N6O2/c1-10(5-6-11-7-8-12(19)13(20)9-11)22-23-17-21-15-14(24(17)2)16(27)26(4)18(28)25(15)3/h7-9H,5-6H2,1-4H3,(H,21,23). The van der Waals surface area contributed by atoms with Crippen molar-refractivity contribution in [1.29, 1.82) is 0 Å². The highest BCUT2D eigenvalue weighted by Gasteiger charge is 2.16. The first kappa shape index (κ1) is 20.2. The third-order valence-electron chi connectivity index (χ3n) is 4.58. The summed E-state index contributed by atoms with van der Waals surface area (Å²) in [7, 11) is 4.71. The van der Waals surface area contributed by atoms with E-state index in [-0.39, 0.29) is 0 Å². The lowest BCUT2D eigenvalue weighted by Gasteiger charge is -2.05. The van der Waals surface area contributed by atoms with Crippen molar-refractivity contribution in [2.24, 2.45) is 26.2 Å². The van der Waals surface area contributed by atoms with Crippen molar-refractivity contribution in [2.75, 3.05) is 5.43 Å². The number of hydrazone groups is 1. The number of nitrogens with zero attached hydrogens (tertiary/aromatic N) is 5. The lowest BCUT2D eigenvalue weighted by atomic mass is 10.1. The summed E-state index contributed by atoms with van der Waals surface area (Å²) in [6.45, 7) is 1.89. The maximum absolute atomic E-state index is 12.4. The highest BCUT2D eigenvalue weighted by molar-refractivity contribution is 6.42. The molecule has 0 saturated heterocycles. The molecule has 3 aromatic rings. The average molecular weight is 423 g/mol. The third kappa shape index (κ3) is 3.70.